The van der Waals surface area contributed by atoms with Crippen molar-refractivity contribution in [3.05, 3.63) is 34.1 Å². The summed E-state index contributed by atoms with van der Waals surface area (Å²) in [6.07, 6.45) is 1.61. The second-order valence-electron chi connectivity index (χ2n) is 4.92. The number of hydrogen-bond acceptors (Lipinski definition) is 0. The molecule has 84 valence electrons. The van der Waals surface area contributed by atoms with Gasteiger partial charge >= 0.3 is 0 Å². The van der Waals surface area contributed by atoms with Gasteiger partial charge in [0.05, 0.1) is 0 Å². The normalized spacial score (nSPS) is 11.9. The molecule has 0 nitrogen and oxygen atoms in total. The highest BCUT2D eigenvalue weighted by Gasteiger charge is 2.17. The molecule has 0 aliphatic rings. The Bertz CT molecular complexity index is 327. The highest BCUT2D eigenvalue weighted by Crippen LogP contribution is 2.29. The van der Waals surface area contributed by atoms with Crippen LogP contribution in [0.1, 0.15) is 45.2 Å². The summed E-state index contributed by atoms with van der Waals surface area (Å²) < 4.78 is 13.7. The third kappa shape index (κ3) is 2.94. The lowest BCUT2D eigenvalue weighted by atomic mass is 9.86. The highest BCUT2D eigenvalue weighted by atomic mass is 35.5. The van der Waals surface area contributed by atoms with Gasteiger partial charge in [-0.25, -0.2) is 4.39 Å². The van der Waals surface area contributed by atoms with Crippen LogP contribution < -0.4 is 0 Å². The van der Waals surface area contributed by atoms with Gasteiger partial charge in [0.15, 0.2) is 0 Å². The summed E-state index contributed by atoms with van der Waals surface area (Å²) in [5.41, 5.74) is 1.53. The zero-order valence-corrected chi connectivity index (χ0v) is 10.6. The van der Waals surface area contributed by atoms with E-state index in [1.165, 1.54) is 0 Å². The van der Waals surface area contributed by atoms with E-state index in [9.17, 15) is 4.39 Å². The Kier molecular flexibility index (Phi) is 3.77. The van der Waals surface area contributed by atoms with Crippen molar-refractivity contribution >= 4 is 11.6 Å². The Morgan fingerprint density at radius 2 is 1.87 bits per heavy atom. The maximum atomic E-state index is 13.7. The Morgan fingerprint density at radius 3 is 2.27 bits per heavy atom. The largest absolute Gasteiger partial charge is 0.207 e. The summed E-state index contributed by atoms with van der Waals surface area (Å²) in [5, 5.41) is 0.557. The number of hydrogen-bond donors (Lipinski definition) is 0. The summed E-state index contributed by atoms with van der Waals surface area (Å²) >= 11 is 6.08. The van der Waals surface area contributed by atoms with Crippen molar-refractivity contribution in [3.8, 4) is 0 Å². The van der Waals surface area contributed by atoms with Crippen LogP contribution in [0, 0.1) is 5.82 Å². The van der Waals surface area contributed by atoms with Crippen molar-refractivity contribution in [2.24, 2.45) is 0 Å². The van der Waals surface area contributed by atoms with Gasteiger partial charge in [-0.05, 0) is 29.5 Å². The van der Waals surface area contributed by atoms with Crippen molar-refractivity contribution < 1.29 is 4.39 Å². The van der Waals surface area contributed by atoms with Gasteiger partial charge in [0.25, 0.3) is 0 Å². The van der Waals surface area contributed by atoms with E-state index < -0.39 is 0 Å². The molecule has 0 bridgehead atoms. The van der Waals surface area contributed by atoms with E-state index in [1.807, 2.05) is 13.0 Å². The molecule has 0 amide bonds. The minimum Gasteiger partial charge on any atom is -0.207 e. The van der Waals surface area contributed by atoms with E-state index >= 15 is 0 Å². The fourth-order valence-corrected chi connectivity index (χ4v) is 1.83. The molecule has 0 aliphatic carbocycles. The van der Waals surface area contributed by atoms with Crippen molar-refractivity contribution in [1.29, 1.82) is 0 Å². The molecule has 0 atom stereocenters. The van der Waals surface area contributed by atoms with Crippen molar-refractivity contribution in [2.75, 3.05) is 0 Å². The third-order valence-corrected chi connectivity index (χ3v) is 2.84. The molecular weight excluding hydrogens is 211 g/mol. The summed E-state index contributed by atoms with van der Waals surface area (Å²) in [6.45, 7) is 8.18. The second kappa shape index (κ2) is 4.52. The van der Waals surface area contributed by atoms with E-state index in [4.69, 9.17) is 11.6 Å². The molecule has 2 heteroatoms. The van der Waals surface area contributed by atoms with Crippen LogP contribution in [-0.4, -0.2) is 0 Å². The fourth-order valence-electron chi connectivity index (χ4n) is 1.52. The molecule has 1 aromatic carbocycles. The molecule has 0 saturated heterocycles. The lowest BCUT2D eigenvalue weighted by Gasteiger charge is -2.20. The van der Waals surface area contributed by atoms with Gasteiger partial charge in [0, 0.05) is 10.6 Å². The number of benzene rings is 1. The van der Waals surface area contributed by atoms with E-state index in [0.717, 1.165) is 12.0 Å². The molecule has 0 spiro atoms. The van der Waals surface area contributed by atoms with E-state index in [1.54, 1.807) is 6.07 Å². The predicted molar refractivity (Wildman–Crippen MR) is 64.1 cm³/mol. The van der Waals surface area contributed by atoms with E-state index in [-0.39, 0.29) is 11.2 Å². The van der Waals surface area contributed by atoms with Crippen LogP contribution >= 0.6 is 11.6 Å². The molecule has 0 aromatic heterocycles. The van der Waals surface area contributed by atoms with Crippen LogP contribution in [-0.2, 0) is 11.8 Å². The van der Waals surface area contributed by atoms with Gasteiger partial charge < -0.3 is 0 Å². The lowest BCUT2D eigenvalue weighted by Crippen LogP contribution is -2.12. The minimum atomic E-state index is -0.172. The highest BCUT2D eigenvalue weighted by molar-refractivity contribution is 6.31. The first-order chi connectivity index (χ1) is 6.86. The zero-order valence-electron chi connectivity index (χ0n) is 9.82. The molecule has 0 heterocycles. The van der Waals surface area contributed by atoms with Gasteiger partial charge in [-0.3, -0.25) is 0 Å². The maximum absolute atomic E-state index is 13.7. The van der Waals surface area contributed by atoms with Crippen LogP contribution in [0.15, 0.2) is 12.1 Å². The van der Waals surface area contributed by atoms with Gasteiger partial charge in [-0.2, -0.15) is 0 Å². The molecule has 1 aromatic rings. The number of halogens is 2. The SMILES string of the molecule is CCCc1c(F)cc(C(C)(C)C)cc1Cl. The molecular formula is C13H18ClF. The van der Waals surface area contributed by atoms with Gasteiger partial charge in [0.1, 0.15) is 5.82 Å². The first-order valence-electron chi connectivity index (χ1n) is 5.34. The van der Waals surface area contributed by atoms with Crippen LogP contribution in [0.5, 0.6) is 0 Å². The maximum Gasteiger partial charge on any atom is 0.128 e. The van der Waals surface area contributed by atoms with Crippen LogP contribution in [0.3, 0.4) is 0 Å². The predicted octanol–water partition coefficient (Wildman–Crippen LogP) is 4.73. The first kappa shape index (κ1) is 12.5. The molecule has 0 fully saturated rings. The fraction of sp³-hybridized carbons (Fsp3) is 0.538. The molecule has 0 radical (unpaired) electrons. The second-order valence-corrected chi connectivity index (χ2v) is 5.33. The third-order valence-electron chi connectivity index (χ3n) is 2.51. The van der Waals surface area contributed by atoms with Crippen molar-refractivity contribution in [1.82, 2.24) is 0 Å². The summed E-state index contributed by atoms with van der Waals surface area (Å²) in [6, 6.07) is 3.49. The van der Waals surface area contributed by atoms with E-state index in [2.05, 4.69) is 20.8 Å². The van der Waals surface area contributed by atoms with Gasteiger partial charge in [-0.1, -0.05) is 45.7 Å². The standard InChI is InChI=1S/C13H18ClF/c1-5-6-10-11(14)7-9(8-12(10)15)13(2,3)4/h7-8H,5-6H2,1-4H3. The van der Waals surface area contributed by atoms with E-state index in [0.29, 0.717) is 17.0 Å². The average molecular weight is 229 g/mol. The van der Waals surface area contributed by atoms with Crippen molar-refractivity contribution in [3.63, 3.8) is 0 Å². The summed E-state index contributed by atoms with van der Waals surface area (Å²) in [4.78, 5) is 0. The molecule has 15 heavy (non-hydrogen) atoms. The Morgan fingerprint density at radius 1 is 1.27 bits per heavy atom. The summed E-state index contributed by atoms with van der Waals surface area (Å²) in [5.74, 6) is -0.172. The molecule has 1 rings (SSSR count). The number of rotatable bonds is 2. The van der Waals surface area contributed by atoms with Crippen LogP contribution in [0.4, 0.5) is 4.39 Å². The Balaban J connectivity index is 3.19. The van der Waals surface area contributed by atoms with Crippen LogP contribution in [0.2, 0.25) is 5.02 Å². The monoisotopic (exact) mass is 228 g/mol. The molecule has 0 N–H and O–H groups in total. The van der Waals surface area contributed by atoms with Crippen LogP contribution in [0.25, 0.3) is 0 Å². The topological polar surface area (TPSA) is 0 Å². The molecule has 0 saturated carbocycles. The summed E-state index contributed by atoms with van der Waals surface area (Å²) in [7, 11) is 0. The smallest absolute Gasteiger partial charge is 0.128 e. The van der Waals surface area contributed by atoms with Gasteiger partial charge in [0.2, 0.25) is 0 Å². The Hall–Kier alpha value is -0.560. The lowest BCUT2D eigenvalue weighted by molar-refractivity contribution is 0.565. The molecule has 0 aliphatic heterocycles. The van der Waals surface area contributed by atoms with Gasteiger partial charge in [-0.15, -0.1) is 0 Å². The quantitative estimate of drug-likeness (QED) is 0.687. The minimum absolute atomic E-state index is 0.0603. The molecule has 0 unspecified atom stereocenters. The Labute approximate surface area is 96.5 Å². The zero-order chi connectivity index (χ0) is 11.6. The first-order valence-corrected chi connectivity index (χ1v) is 5.72. The average Bonchev–Trinajstić information content (AvgIpc) is 2.09. The van der Waals surface area contributed by atoms with Crippen molar-refractivity contribution in [2.45, 2.75) is 46.0 Å².